The Kier molecular flexibility index (Phi) is 5.99. The van der Waals surface area contributed by atoms with Crippen LogP contribution in [0, 0.1) is 5.92 Å². The Bertz CT molecular complexity index is 261. The topological polar surface area (TPSA) is 69.4 Å². The van der Waals surface area contributed by atoms with Crippen LogP contribution in [0.2, 0.25) is 0 Å². The number of allylic oxidation sites excluding steroid dienone is 1. The largest absolute Gasteiger partial charge is 0.380 e. The molecule has 0 fully saturated rings. The van der Waals surface area contributed by atoms with Crippen molar-refractivity contribution < 1.29 is 13.2 Å². The lowest BCUT2D eigenvalue weighted by Crippen LogP contribution is -2.37. The van der Waals surface area contributed by atoms with Crippen molar-refractivity contribution in [2.24, 2.45) is 11.1 Å². The fourth-order valence-corrected chi connectivity index (χ4v) is 2.28. The van der Waals surface area contributed by atoms with Crippen LogP contribution in [0.15, 0.2) is 12.7 Å². The zero-order chi connectivity index (χ0) is 11.2. The Morgan fingerprint density at radius 3 is 2.50 bits per heavy atom. The fraction of sp³-hybridized carbons (Fsp3) is 0.778. The molecule has 0 bridgehead atoms. The number of primary sulfonamides is 1. The summed E-state index contributed by atoms with van der Waals surface area (Å²) in [5.41, 5.74) is 0. The predicted molar refractivity (Wildman–Crippen MR) is 57.4 cm³/mol. The summed E-state index contributed by atoms with van der Waals surface area (Å²) in [4.78, 5) is 0. The Morgan fingerprint density at radius 2 is 2.14 bits per heavy atom. The third kappa shape index (κ3) is 4.74. The highest BCUT2D eigenvalue weighted by Gasteiger charge is 2.27. The van der Waals surface area contributed by atoms with Gasteiger partial charge < -0.3 is 4.74 Å². The SMILES string of the molecule is C=CC[C@H](C)[C@@H](COCC)S(N)(=O)=O. The third-order valence-electron chi connectivity index (χ3n) is 2.08. The van der Waals surface area contributed by atoms with Crippen molar-refractivity contribution in [3.8, 4) is 0 Å². The van der Waals surface area contributed by atoms with Crippen LogP contribution in [0.25, 0.3) is 0 Å². The van der Waals surface area contributed by atoms with Gasteiger partial charge in [0.05, 0.1) is 6.61 Å². The summed E-state index contributed by atoms with van der Waals surface area (Å²) in [5.74, 6) is -0.0611. The van der Waals surface area contributed by atoms with Gasteiger partial charge in [-0.05, 0) is 19.3 Å². The molecule has 2 N–H and O–H groups in total. The smallest absolute Gasteiger partial charge is 0.214 e. The summed E-state index contributed by atoms with van der Waals surface area (Å²) in [6.45, 7) is 7.87. The highest BCUT2D eigenvalue weighted by Crippen LogP contribution is 2.15. The van der Waals surface area contributed by atoms with E-state index in [0.717, 1.165) is 0 Å². The molecule has 0 aliphatic carbocycles. The Balaban J connectivity index is 4.46. The standard InChI is InChI=1S/C9H19NO3S/c1-4-6-8(3)9(7-13-5-2)14(10,11)12/h4,8-9H,1,5-7H2,2-3H3,(H2,10,11,12)/t8-,9+/m0/s1. The van der Waals surface area contributed by atoms with Gasteiger partial charge in [-0.2, -0.15) is 0 Å². The zero-order valence-electron chi connectivity index (χ0n) is 8.77. The Hall–Kier alpha value is -0.390. The van der Waals surface area contributed by atoms with Gasteiger partial charge in [0.25, 0.3) is 0 Å². The predicted octanol–water partition coefficient (Wildman–Crippen LogP) is 0.892. The zero-order valence-corrected chi connectivity index (χ0v) is 9.59. The molecule has 0 aromatic rings. The van der Waals surface area contributed by atoms with Crippen molar-refractivity contribution in [3.63, 3.8) is 0 Å². The van der Waals surface area contributed by atoms with E-state index in [9.17, 15) is 8.42 Å². The Morgan fingerprint density at radius 1 is 1.57 bits per heavy atom. The molecule has 0 radical (unpaired) electrons. The summed E-state index contributed by atoms with van der Waals surface area (Å²) >= 11 is 0. The molecule has 4 nitrogen and oxygen atoms in total. The van der Waals surface area contributed by atoms with Crippen LogP contribution in [0.1, 0.15) is 20.3 Å². The molecule has 0 rings (SSSR count). The minimum atomic E-state index is -3.53. The lowest BCUT2D eigenvalue weighted by molar-refractivity contribution is 0.136. The molecule has 0 heterocycles. The van der Waals surface area contributed by atoms with Gasteiger partial charge >= 0.3 is 0 Å². The molecule has 0 aliphatic heterocycles. The van der Waals surface area contributed by atoms with Gasteiger partial charge in [0, 0.05) is 6.61 Å². The molecule has 14 heavy (non-hydrogen) atoms. The average molecular weight is 221 g/mol. The summed E-state index contributed by atoms with van der Waals surface area (Å²) in [6, 6.07) is 0. The van der Waals surface area contributed by atoms with Gasteiger partial charge in [0.2, 0.25) is 10.0 Å². The van der Waals surface area contributed by atoms with Crippen molar-refractivity contribution in [1.82, 2.24) is 0 Å². The molecule has 0 aromatic heterocycles. The molecule has 0 aromatic carbocycles. The molecule has 2 atom stereocenters. The van der Waals surface area contributed by atoms with E-state index >= 15 is 0 Å². The van der Waals surface area contributed by atoms with Crippen LogP contribution < -0.4 is 5.14 Å². The number of rotatable bonds is 7. The van der Waals surface area contributed by atoms with E-state index in [2.05, 4.69) is 6.58 Å². The number of nitrogens with two attached hydrogens (primary N) is 1. The van der Waals surface area contributed by atoms with Crippen molar-refractivity contribution >= 4 is 10.0 Å². The van der Waals surface area contributed by atoms with E-state index in [1.54, 1.807) is 6.08 Å². The monoisotopic (exact) mass is 221 g/mol. The molecule has 0 amide bonds. The van der Waals surface area contributed by atoms with Gasteiger partial charge in [-0.1, -0.05) is 13.0 Å². The lowest BCUT2D eigenvalue weighted by atomic mass is 10.0. The molecule has 84 valence electrons. The number of hydrogen-bond donors (Lipinski definition) is 1. The van der Waals surface area contributed by atoms with Crippen LogP contribution in [-0.2, 0) is 14.8 Å². The number of ether oxygens (including phenoxy) is 1. The molecule has 0 unspecified atom stereocenters. The molecular weight excluding hydrogens is 202 g/mol. The molecule has 0 saturated heterocycles. The third-order valence-corrected chi connectivity index (χ3v) is 3.53. The van der Waals surface area contributed by atoms with E-state index in [-0.39, 0.29) is 12.5 Å². The maximum Gasteiger partial charge on any atom is 0.214 e. The van der Waals surface area contributed by atoms with E-state index in [1.807, 2.05) is 13.8 Å². The highest BCUT2D eigenvalue weighted by molar-refractivity contribution is 7.89. The van der Waals surface area contributed by atoms with Gasteiger partial charge in [-0.3, -0.25) is 0 Å². The van der Waals surface area contributed by atoms with Crippen LogP contribution in [-0.4, -0.2) is 26.9 Å². The molecular formula is C9H19NO3S. The second-order valence-corrected chi connectivity index (χ2v) is 5.07. The molecule has 0 saturated carbocycles. The first-order valence-corrected chi connectivity index (χ1v) is 6.24. The van der Waals surface area contributed by atoms with Crippen LogP contribution >= 0.6 is 0 Å². The van der Waals surface area contributed by atoms with Crippen molar-refractivity contribution in [2.75, 3.05) is 13.2 Å². The van der Waals surface area contributed by atoms with E-state index < -0.39 is 15.3 Å². The molecule has 0 spiro atoms. The quantitative estimate of drug-likeness (QED) is 0.649. The minimum absolute atomic E-state index is 0.0611. The second-order valence-electron chi connectivity index (χ2n) is 3.29. The minimum Gasteiger partial charge on any atom is -0.380 e. The first-order chi connectivity index (χ1) is 6.43. The Labute approximate surface area is 86.2 Å². The lowest BCUT2D eigenvalue weighted by Gasteiger charge is -2.20. The van der Waals surface area contributed by atoms with Crippen LogP contribution in [0.3, 0.4) is 0 Å². The van der Waals surface area contributed by atoms with Crippen molar-refractivity contribution in [1.29, 1.82) is 0 Å². The molecule has 0 aliphatic rings. The van der Waals surface area contributed by atoms with Gasteiger partial charge in [-0.25, -0.2) is 13.6 Å². The summed E-state index contributed by atoms with van der Waals surface area (Å²) in [7, 11) is -3.53. The average Bonchev–Trinajstić information content (AvgIpc) is 2.03. The summed E-state index contributed by atoms with van der Waals surface area (Å²) in [5, 5.41) is 4.47. The van der Waals surface area contributed by atoms with Crippen molar-refractivity contribution in [3.05, 3.63) is 12.7 Å². The number of hydrogen-bond acceptors (Lipinski definition) is 3. The summed E-state index contributed by atoms with van der Waals surface area (Å²) in [6.07, 6.45) is 2.31. The van der Waals surface area contributed by atoms with E-state index in [0.29, 0.717) is 13.0 Å². The maximum atomic E-state index is 11.2. The maximum absolute atomic E-state index is 11.2. The molecule has 5 heteroatoms. The van der Waals surface area contributed by atoms with Gasteiger partial charge in [-0.15, -0.1) is 6.58 Å². The second kappa shape index (κ2) is 6.16. The van der Waals surface area contributed by atoms with Crippen LogP contribution in [0.4, 0.5) is 0 Å². The highest BCUT2D eigenvalue weighted by atomic mass is 32.2. The van der Waals surface area contributed by atoms with Crippen LogP contribution in [0.5, 0.6) is 0 Å². The first-order valence-electron chi connectivity index (χ1n) is 4.63. The normalized spacial score (nSPS) is 16.2. The fourth-order valence-electron chi connectivity index (χ4n) is 1.23. The first kappa shape index (κ1) is 13.6. The van der Waals surface area contributed by atoms with Gasteiger partial charge in [0.1, 0.15) is 5.25 Å². The van der Waals surface area contributed by atoms with E-state index in [4.69, 9.17) is 9.88 Å². The van der Waals surface area contributed by atoms with Crippen molar-refractivity contribution in [2.45, 2.75) is 25.5 Å². The summed E-state index contributed by atoms with van der Waals surface area (Å²) < 4.78 is 27.5. The van der Waals surface area contributed by atoms with Gasteiger partial charge in [0.15, 0.2) is 0 Å². The number of sulfonamides is 1. The van der Waals surface area contributed by atoms with E-state index in [1.165, 1.54) is 0 Å².